The molecule has 1 aromatic rings. The fourth-order valence-electron chi connectivity index (χ4n) is 1.38. The van der Waals surface area contributed by atoms with Gasteiger partial charge in [0.1, 0.15) is 0 Å². The second-order valence-corrected chi connectivity index (χ2v) is 3.48. The van der Waals surface area contributed by atoms with Gasteiger partial charge in [0.05, 0.1) is 12.5 Å². The number of hydrogen-bond acceptors (Lipinski definition) is 2. The van der Waals surface area contributed by atoms with Crippen molar-refractivity contribution in [1.29, 1.82) is 0 Å². The molecule has 0 saturated carbocycles. The smallest absolute Gasteiger partial charge is 0.389 e. The maximum atomic E-state index is 12.0. The third-order valence-electron chi connectivity index (χ3n) is 2.25. The molecule has 0 radical (unpaired) electrons. The van der Waals surface area contributed by atoms with Crippen LogP contribution in [0.1, 0.15) is 18.4 Å². The second-order valence-electron chi connectivity index (χ2n) is 3.48. The van der Waals surface area contributed by atoms with Crippen molar-refractivity contribution in [2.45, 2.75) is 31.5 Å². The average Bonchev–Trinajstić information content (AvgIpc) is 2.63. The number of furan rings is 1. The first-order valence-electron chi connectivity index (χ1n) is 4.76. The summed E-state index contributed by atoms with van der Waals surface area (Å²) in [6.07, 6.45) is -1.11. The van der Waals surface area contributed by atoms with Crippen molar-refractivity contribution in [2.75, 3.05) is 7.05 Å². The van der Waals surface area contributed by atoms with Crippen LogP contribution in [0.5, 0.6) is 0 Å². The molecule has 0 aliphatic heterocycles. The Kier molecular flexibility index (Phi) is 4.20. The van der Waals surface area contributed by atoms with Gasteiger partial charge in [-0.15, -0.1) is 0 Å². The van der Waals surface area contributed by atoms with Gasteiger partial charge in [0.2, 0.25) is 0 Å². The van der Waals surface area contributed by atoms with Gasteiger partial charge in [-0.05, 0) is 31.5 Å². The molecule has 15 heavy (non-hydrogen) atoms. The summed E-state index contributed by atoms with van der Waals surface area (Å²) in [5, 5.41) is 2.87. The van der Waals surface area contributed by atoms with Crippen molar-refractivity contribution < 1.29 is 17.6 Å². The molecule has 1 N–H and O–H groups in total. The number of alkyl halides is 3. The van der Waals surface area contributed by atoms with Gasteiger partial charge < -0.3 is 9.73 Å². The highest BCUT2D eigenvalue weighted by atomic mass is 19.4. The summed E-state index contributed by atoms with van der Waals surface area (Å²) < 4.78 is 40.8. The molecular formula is C10H14F3NO. The van der Waals surface area contributed by atoms with Gasteiger partial charge in [-0.25, -0.2) is 0 Å². The average molecular weight is 221 g/mol. The van der Waals surface area contributed by atoms with Crippen molar-refractivity contribution in [3.63, 3.8) is 0 Å². The topological polar surface area (TPSA) is 25.2 Å². The number of halogens is 3. The minimum absolute atomic E-state index is 0.0885. The van der Waals surface area contributed by atoms with Crippen molar-refractivity contribution in [1.82, 2.24) is 5.32 Å². The molecule has 0 saturated heterocycles. The van der Waals surface area contributed by atoms with Crippen LogP contribution in [0.2, 0.25) is 0 Å². The van der Waals surface area contributed by atoms with Gasteiger partial charge in [-0.2, -0.15) is 13.2 Å². The predicted octanol–water partition coefficient (Wildman–Crippen LogP) is 2.75. The fourth-order valence-corrected chi connectivity index (χ4v) is 1.38. The Balaban J connectivity index is 2.36. The molecule has 0 aromatic carbocycles. The first kappa shape index (κ1) is 12.1. The van der Waals surface area contributed by atoms with E-state index in [1.807, 2.05) is 0 Å². The lowest BCUT2D eigenvalue weighted by molar-refractivity contribution is -0.136. The van der Waals surface area contributed by atoms with E-state index in [1.165, 1.54) is 6.26 Å². The molecule has 2 nitrogen and oxygen atoms in total. The summed E-state index contributed by atoms with van der Waals surface area (Å²) in [4.78, 5) is 0. The largest absolute Gasteiger partial charge is 0.472 e. The number of rotatable bonds is 5. The standard InChI is InChI=1S/C10H14F3NO/c1-14-9(2-4-10(11,12)13)6-8-3-5-15-7-8/h3,5,7,9,14H,2,4,6H2,1H3. The zero-order valence-corrected chi connectivity index (χ0v) is 8.47. The van der Waals surface area contributed by atoms with E-state index < -0.39 is 12.6 Å². The molecule has 1 aromatic heterocycles. The van der Waals surface area contributed by atoms with E-state index in [9.17, 15) is 13.2 Å². The maximum absolute atomic E-state index is 12.0. The lowest BCUT2D eigenvalue weighted by Gasteiger charge is -2.16. The normalized spacial score (nSPS) is 14.1. The molecule has 0 amide bonds. The first-order chi connectivity index (χ1) is 7.01. The number of likely N-dealkylation sites (N-methyl/N-ethyl adjacent to an activating group) is 1. The zero-order chi connectivity index (χ0) is 11.3. The third kappa shape index (κ3) is 4.88. The van der Waals surface area contributed by atoms with Crippen LogP contribution in [0.3, 0.4) is 0 Å². The van der Waals surface area contributed by atoms with E-state index in [4.69, 9.17) is 4.42 Å². The molecule has 1 unspecified atom stereocenters. The first-order valence-corrected chi connectivity index (χ1v) is 4.76. The Morgan fingerprint density at radius 3 is 2.67 bits per heavy atom. The van der Waals surface area contributed by atoms with Crippen LogP contribution in [0.4, 0.5) is 13.2 Å². The summed E-state index contributed by atoms with van der Waals surface area (Å²) in [6, 6.07) is 1.60. The Hall–Kier alpha value is -0.970. The highest BCUT2D eigenvalue weighted by Gasteiger charge is 2.27. The van der Waals surface area contributed by atoms with Crippen molar-refractivity contribution >= 4 is 0 Å². The molecule has 5 heteroatoms. The minimum atomic E-state index is -4.08. The second kappa shape index (κ2) is 5.21. The van der Waals surface area contributed by atoms with E-state index in [0.29, 0.717) is 6.42 Å². The lowest BCUT2D eigenvalue weighted by Crippen LogP contribution is -2.29. The summed E-state index contributed by atoms with van der Waals surface area (Å²) in [7, 11) is 1.67. The fraction of sp³-hybridized carbons (Fsp3) is 0.600. The highest BCUT2D eigenvalue weighted by molar-refractivity contribution is 5.07. The van der Waals surface area contributed by atoms with E-state index >= 15 is 0 Å². The van der Waals surface area contributed by atoms with Gasteiger partial charge in [0.25, 0.3) is 0 Å². The number of hydrogen-bond donors (Lipinski definition) is 1. The Morgan fingerprint density at radius 2 is 2.20 bits per heavy atom. The van der Waals surface area contributed by atoms with Crippen LogP contribution in [-0.2, 0) is 6.42 Å². The van der Waals surface area contributed by atoms with Gasteiger partial charge in [0.15, 0.2) is 0 Å². The van der Waals surface area contributed by atoms with Crippen LogP contribution < -0.4 is 5.32 Å². The maximum Gasteiger partial charge on any atom is 0.389 e. The van der Waals surface area contributed by atoms with Crippen molar-refractivity contribution in [3.8, 4) is 0 Å². The van der Waals surface area contributed by atoms with Crippen LogP contribution in [0, 0.1) is 0 Å². The number of nitrogens with one attached hydrogen (secondary N) is 1. The van der Waals surface area contributed by atoms with E-state index in [2.05, 4.69) is 5.32 Å². The monoisotopic (exact) mass is 221 g/mol. The molecule has 0 aliphatic carbocycles. The molecule has 1 heterocycles. The quantitative estimate of drug-likeness (QED) is 0.827. The Bertz CT molecular complexity index is 269. The zero-order valence-electron chi connectivity index (χ0n) is 8.47. The summed E-state index contributed by atoms with van der Waals surface area (Å²) >= 11 is 0. The van der Waals surface area contributed by atoms with Crippen molar-refractivity contribution in [2.24, 2.45) is 0 Å². The minimum Gasteiger partial charge on any atom is -0.472 e. The van der Waals surface area contributed by atoms with Gasteiger partial charge >= 0.3 is 6.18 Å². The Labute approximate surface area is 86.5 Å². The van der Waals surface area contributed by atoms with E-state index in [1.54, 1.807) is 19.4 Å². The molecule has 0 aliphatic rings. The van der Waals surface area contributed by atoms with Crippen LogP contribution in [0.15, 0.2) is 23.0 Å². The van der Waals surface area contributed by atoms with E-state index in [0.717, 1.165) is 5.56 Å². The van der Waals surface area contributed by atoms with Crippen LogP contribution >= 0.6 is 0 Å². The molecule has 0 spiro atoms. The van der Waals surface area contributed by atoms with Gasteiger partial charge in [-0.3, -0.25) is 0 Å². The predicted molar refractivity (Wildman–Crippen MR) is 50.5 cm³/mol. The molecule has 1 atom stereocenters. The lowest BCUT2D eigenvalue weighted by atomic mass is 10.0. The third-order valence-corrected chi connectivity index (χ3v) is 2.25. The van der Waals surface area contributed by atoms with Crippen molar-refractivity contribution in [3.05, 3.63) is 24.2 Å². The molecular weight excluding hydrogens is 207 g/mol. The van der Waals surface area contributed by atoms with Crippen LogP contribution in [-0.4, -0.2) is 19.3 Å². The summed E-state index contributed by atoms with van der Waals surface area (Å²) in [5.41, 5.74) is 0.913. The van der Waals surface area contributed by atoms with Gasteiger partial charge in [-0.1, -0.05) is 0 Å². The summed E-state index contributed by atoms with van der Waals surface area (Å²) in [5.74, 6) is 0. The molecule has 0 bridgehead atoms. The van der Waals surface area contributed by atoms with Crippen LogP contribution in [0.25, 0.3) is 0 Å². The molecule has 86 valence electrons. The molecule has 1 rings (SSSR count). The van der Waals surface area contributed by atoms with Gasteiger partial charge in [0, 0.05) is 12.5 Å². The highest BCUT2D eigenvalue weighted by Crippen LogP contribution is 2.23. The molecule has 0 fully saturated rings. The van der Waals surface area contributed by atoms with E-state index in [-0.39, 0.29) is 12.5 Å². The summed E-state index contributed by atoms with van der Waals surface area (Å²) in [6.45, 7) is 0. The SMILES string of the molecule is CNC(CCC(F)(F)F)Cc1ccoc1. The Morgan fingerprint density at radius 1 is 1.47 bits per heavy atom.